The van der Waals surface area contributed by atoms with Crippen LogP contribution in [0.25, 0.3) is 0 Å². The largest absolute Gasteiger partial charge is 0.477 e. The fourth-order valence-corrected chi connectivity index (χ4v) is 2.10. The van der Waals surface area contributed by atoms with Crippen molar-refractivity contribution in [1.82, 2.24) is 4.98 Å². The van der Waals surface area contributed by atoms with Gasteiger partial charge in [-0.1, -0.05) is 18.9 Å². The first-order chi connectivity index (χ1) is 8.16. The molecule has 1 fully saturated rings. The summed E-state index contributed by atoms with van der Waals surface area (Å²) in [5.74, 6) is -0.534. The van der Waals surface area contributed by atoms with Crippen molar-refractivity contribution in [3.63, 3.8) is 0 Å². The summed E-state index contributed by atoms with van der Waals surface area (Å²) in [6, 6.07) is 4.78. The van der Waals surface area contributed by atoms with E-state index >= 15 is 0 Å². The highest BCUT2D eigenvalue weighted by Crippen LogP contribution is 2.21. The maximum atomic E-state index is 10.8. The number of aliphatic hydroxyl groups excluding tert-OH is 1. The Bertz CT molecular complexity index is 408. The Balaban J connectivity index is 2.07. The molecular formula is C12H16N2O3. The van der Waals surface area contributed by atoms with Crippen LogP contribution < -0.4 is 5.32 Å². The SMILES string of the molecule is O=C(O)c1cccc(N[C@@H]2CCCC[C@H]2O)n1. The number of hydrogen-bond acceptors (Lipinski definition) is 4. The number of carbonyl (C=O) groups is 1. The molecule has 5 heteroatoms. The third kappa shape index (κ3) is 2.94. The molecule has 1 aromatic rings. The molecule has 1 aliphatic rings. The van der Waals surface area contributed by atoms with Crippen molar-refractivity contribution in [3.8, 4) is 0 Å². The number of anilines is 1. The Hall–Kier alpha value is -1.62. The van der Waals surface area contributed by atoms with Gasteiger partial charge in [-0.3, -0.25) is 0 Å². The van der Waals surface area contributed by atoms with Gasteiger partial charge in [0.1, 0.15) is 5.82 Å². The topological polar surface area (TPSA) is 82.5 Å². The summed E-state index contributed by atoms with van der Waals surface area (Å²) in [4.78, 5) is 14.7. The number of carboxylic acid groups (broad SMARTS) is 1. The van der Waals surface area contributed by atoms with Gasteiger partial charge in [-0.2, -0.15) is 0 Å². The molecule has 3 N–H and O–H groups in total. The lowest BCUT2D eigenvalue weighted by Gasteiger charge is -2.28. The second-order valence-electron chi connectivity index (χ2n) is 4.32. The van der Waals surface area contributed by atoms with E-state index in [2.05, 4.69) is 10.3 Å². The van der Waals surface area contributed by atoms with Crippen molar-refractivity contribution in [2.75, 3.05) is 5.32 Å². The zero-order valence-electron chi connectivity index (χ0n) is 9.47. The van der Waals surface area contributed by atoms with Gasteiger partial charge in [0.2, 0.25) is 0 Å². The number of aliphatic hydroxyl groups is 1. The van der Waals surface area contributed by atoms with Gasteiger partial charge >= 0.3 is 5.97 Å². The van der Waals surface area contributed by atoms with Crippen LogP contribution in [0.2, 0.25) is 0 Å². The van der Waals surface area contributed by atoms with Crippen molar-refractivity contribution >= 4 is 11.8 Å². The minimum Gasteiger partial charge on any atom is -0.477 e. The van der Waals surface area contributed by atoms with Crippen LogP contribution in [-0.2, 0) is 0 Å². The quantitative estimate of drug-likeness (QED) is 0.740. The number of hydrogen-bond donors (Lipinski definition) is 3. The zero-order chi connectivity index (χ0) is 12.3. The first-order valence-corrected chi connectivity index (χ1v) is 5.82. The first kappa shape index (κ1) is 11.9. The Labute approximate surface area is 99.5 Å². The predicted molar refractivity (Wildman–Crippen MR) is 63.1 cm³/mol. The second kappa shape index (κ2) is 5.14. The zero-order valence-corrected chi connectivity index (χ0v) is 9.47. The summed E-state index contributed by atoms with van der Waals surface area (Å²) in [5.41, 5.74) is 0.0142. The molecule has 5 nitrogen and oxygen atoms in total. The van der Waals surface area contributed by atoms with E-state index in [1.807, 2.05) is 0 Å². The van der Waals surface area contributed by atoms with Gasteiger partial charge in [-0.15, -0.1) is 0 Å². The maximum Gasteiger partial charge on any atom is 0.354 e. The molecule has 1 saturated carbocycles. The van der Waals surface area contributed by atoms with E-state index in [9.17, 15) is 9.90 Å². The van der Waals surface area contributed by atoms with E-state index in [0.717, 1.165) is 25.7 Å². The summed E-state index contributed by atoms with van der Waals surface area (Å²) in [5, 5.41) is 21.7. The summed E-state index contributed by atoms with van der Waals surface area (Å²) in [6.45, 7) is 0. The molecular weight excluding hydrogens is 220 g/mol. The minimum absolute atomic E-state index is 0.0142. The number of carboxylic acids is 1. The molecule has 1 aliphatic carbocycles. The molecule has 0 saturated heterocycles. The molecule has 0 radical (unpaired) electrons. The lowest BCUT2D eigenvalue weighted by molar-refractivity contribution is 0.0690. The second-order valence-corrected chi connectivity index (χ2v) is 4.32. The molecule has 0 unspecified atom stereocenters. The molecule has 0 spiro atoms. The molecule has 2 rings (SSSR count). The van der Waals surface area contributed by atoms with Crippen LogP contribution >= 0.6 is 0 Å². The lowest BCUT2D eigenvalue weighted by Crippen LogP contribution is -2.36. The van der Waals surface area contributed by atoms with E-state index < -0.39 is 5.97 Å². The van der Waals surface area contributed by atoms with Crippen molar-refractivity contribution in [2.45, 2.75) is 37.8 Å². The van der Waals surface area contributed by atoms with Gasteiger partial charge in [-0.05, 0) is 25.0 Å². The van der Waals surface area contributed by atoms with Gasteiger partial charge in [0.25, 0.3) is 0 Å². The predicted octanol–water partition coefficient (Wildman–Crippen LogP) is 1.50. The summed E-state index contributed by atoms with van der Waals surface area (Å²) >= 11 is 0. The molecule has 92 valence electrons. The molecule has 0 aliphatic heterocycles. The van der Waals surface area contributed by atoms with Crippen molar-refractivity contribution in [3.05, 3.63) is 23.9 Å². The van der Waals surface area contributed by atoms with Gasteiger partial charge in [0, 0.05) is 0 Å². The Morgan fingerprint density at radius 2 is 2.12 bits per heavy atom. The van der Waals surface area contributed by atoms with Crippen LogP contribution in [0.15, 0.2) is 18.2 Å². The highest BCUT2D eigenvalue weighted by atomic mass is 16.4. The van der Waals surface area contributed by atoms with E-state index in [1.165, 1.54) is 6.07 Å². The molecule has 0 amide bonds. The molecule has 1 aromatic heterocycles. The van der Waals surface area contributed by atoms with Crippen LogP contribution in [0.1, 0.15) is 36.2 Å². The Kier molecular flexibility index (Phi) is 3.58. The summed E-state index contributed by atoms with van der Waals surface area (Å²) in [7, 11) is 0. The average Bonchev–Trinajstić information content (AvgIpc) is 2.32. The van der Waals surface area contributed by atoms with Crippen molar-refractivity contribution in [1.29, 1.82) is 0 Å². The highest BCUT2D eigenvalue weighted by molar-refractivity contribution is 5.85. The number of nitrogens with one attached hydrogen (secondary N) is 1. The number of nitrogens with zero attached hydrogens (tertiary/aromatic N) is 1. The Morgan fingerprint density at radius 3 is 2.82 bits per heavy atom. The van der Waals surface area contributed by atoms with Gasteiger partial charge in [0.15, 0.2) is 5.69 Å². The third-order valence-electron chi connectivity index (χ3n) is 3.03. The number of pyridine rings is 1. The third-order valence-corrected chi connectivity index (χ3v) is 3.03. The maximum absolute atomic E-state index is 10.8. The molecule has 0 aromatic carbocycles. The van der Waals surface area contributed by atoms with E-state index in [1.54, 1.807) is 12.1 Å². The number of rotatable bonds is 3. The van der Waals surface area contributed by atoms with E-state index in [0.29, 0.717) is 5.82 Å². The summed E-state index contributed by atoms with van der Waals surface area (Å²) < 4.78 is 0. The number of aromatic carboxylic acids is 1. The molecule has 2 atom stereocenters. The van der Waals surface area contributed by atoms with Crippen molar-refractivity contribution in [2.24, 2.45) is 0 Å². The lowest BCUT2D eigenvalue weighted by atomic mass is 9.92. The summed E-state index contributed by atoms with van der Waals surface area (Å²) in [6.07, 6.45) is 3.42. The van der Waals surface area contributed by atoms with Crippen LogP contribution in [0, 0.1) is 0 Å². The van der Waals surface area contributed by atoms with Crippen LogP contribution in [0.4, 0.5) is 5.82 Å². The van der Waals surface area contributed by atoms with Crippen LogP contribution in [0.5, 0.6) is 0 Å². The highest BCUT2D eigenvalue weighted by Gasteiger charge is 2.23. The van der Waals surface area contributed by atoms with Crippen LogP contribution in [0.3, 0.4) is 0 Å². The molecule has 17 heavy (non-hydrogen) atoms. The Morgan fingerprint density at radius 1 is 1.35 bits per heavy atom. The molecule has 1 heterocycles. The fourth-order valence-electron chi connectivity index (χ4n) is 2.10. The smallest absolute Gasteiger partial charge is 0.354 e. The van der Waals surface area contributed by atoms with Crippen LogP contribution in [-0.4, -0.2) is 33.3 Å². The molecule has 0 bridgehead atoms. The average molecular weight is 236 g/mol. The van der Waals surface area contributed by atoms with Crippen molar-refractivity contribution < 1.29 is 15.0 Å². The van der Waals surface area contributed by atoms with Gasteiger partial charge in [-0.25, -0.2) is 9.78 Å². The first-order valence-electron chi connectivity index (χ1n) is 5.82. The standard InChI is InChI=1S/C12H16N2O3/c15-10-6-2-1-4-8(10)13-11-7-3-5-9(14-11)12(16)17/h3,5,7-8,10,15H,1-2,4,6H2,(H,13,14)(H,16,17)/t8-,10-/m1/s1. The number of aromatic nitrogens is 1. The van der Waals surface area contributed by atoms with Gasteiger partial charge < -0.3 is 15.5 Å². The van der Waals surface area contributed by atoms with Gasteiger partial charge in [0.05, 0.1) is 12.1 Å². The normalized spacial score (nSPS) is 24.3. The minimum atomic E-state index is -1.04. The van der Waals surface area contributed by atoms with E-state index in [-0.39, 0.29) is 17.8 Å². The fraction of sp³-hybridized carbons (Fsp3) is 0.500. The monoisotopic (exact) mass is 236 g/mol. The van der Waals surface area contributed by atoms with E-state index in [4.69, 9.17) is 5.11 Å².